The Hall–Kier alpha value is -3.16. The van der Waals surface area contributed by atoms with Crippen molar-refractivity contribution in [3.63, 3.8) is 0 Å². The lowest BCUT2D eigenvalue weighted by Crippen LogP contribution is -2.63. The molecule has 1 saturated heterocycles. The van der Waals surface area contributed by atoms with Gasteiger partial charge in [-0.25, -0.2) is 0 Å². The van der Waals surface area contributed by atoms with Gasteiger partial charge in [0.05, 0.1) is 12.8 Å². The van der Waals surface area contributed by atoms with Crippen LogP contribution in [0, 0.1) is 0 Å². The molecule has 14 heteroatoms. The molecule has 178 valence electrons. The summed E-state index contributed by atoms with van der Waals surface area (Å²) in [6, 6.07) is 8.53. The van der Waals surface area contributed by atoms with Crippen LogP contribution in [0.1, 0.15) is 0 Å². The zero-order chi connectivity index (χ0) is 24.6. The van der Waals surface area contributed by atoms with Crippen LogP contribution < -0.4 is 10.1 Å². The number of para-hydroxylation sites is 1. The predicted octanol–water partition coefficient (Wildman–Crippen LogP) is 5.73. The van der Waals surface area contributed by atoms with Gasteiger partial charge in [-0.1, -0.05) is 18.2 Å². The van der Waals surface area contributed by atoms with E-state index in [1.165, 1.54) is 11.4 Å². The number of alkyl halides is 9. The number of ether oxygens (including phenoxy) is 2. The second-order valence-electron chi connectivity index (χ2n) is 7.04. The zero-order valence-electron chi connectivity index (χ0n) is 16.0. The first-order valence-electron chi connectivity index (χ1n) is 8.82. The smallest absolute Gasteiger partial charge is 0.428 e. The maximum absolute atomic E-state index is 14.4. The molecule has 33 heavy (non-hydrogen) atoms. The molecule has 1 amide bonds. The van der Waals surface area contributed by atoms with Gasteiger partial charge < -0.3 is 14.5 Å². The number of carbonyl (C=O) groups is 1. The average molecular weight is 487 g/mol. The molecule has 5 nitrogen and oxygen atoms in total. The Morgan fingerprint density at radius 2 is 1.58 bits per heavy atom. The first-order chi connectivity index (χ1) is 15.1. The number of benzene rings is 2. The largest absolute Gasteiger partial charge is 0.495 e. The fourth-order valence-electron chi connectivity index (χ4n) is 3.32. The third-order valence-electron chi connectivity index (χ3n) is 5.07. The fourth-order valence-corrected chi connectivity index (χ4v) is 3.32. The van der Waals surface area contributed by atoms with Crippen molar-refractivity contribution < 1.29 is 58.2 Å². The van der Waals surface area contributed by atoms with Gasteiger partial charge in [0.15, 0.2) is 0 Å². The first kappa shape index (κ1) is 23.0. The molecule has 0 aliphatic carbocycles. The number of rotatable bonds is 4. The van der Waals surface area contributed by atoms with Crippen LogP contribution in [0.4, 0.5) is 45.2 Å². The lowest BCUT2D eigenvalue weighted by atomic mass is 9.99. The van der Waals surface area contributed by atoms with Crippen molar-refractivity contribution in [1.29, 1.82) is 0 Å². The Morgan fingerprint density at radius 3 is 2.15 bits per heavy atom. The summed E-state index contributed by atoms with van der Waals surface area (Å²) in [6.07, 6.45) is -6.33. The molecule has 0 bridgehead atoms. The molecule has 1 N–H and O–H groups in total. The number of hydrogen-bond acceptors (Lipinski definition) is 4. The standard InChI is InChI=1S/C19H10F9NO4/c1-31-13-6-9-8-4-2-3-5-11(8)32-12(9)7-10(13)29-14(30)15(20,21)18(26)16(22,23)17(24,25)19(27,28)33-18/h2-7H,1H3,(H,29,30)/t18-/m1/s1. The normalized spacial score (nSPS) is 23.7. The van der Waals surface area contributed by atoms with E-state index in [1.54, 1.807) is 24.3 Å². The molecule has 0 saturated carbocycles. The Balaban J connectivity index is 1.75. The number of halogens is 9. The van der Waals surface area contributed by atoms with Gasteiger partial charge in [-0.3, -0.25) is 9.53 Å². The number of amides is 1. The molecule has 2 aromatic carbocycles. The zero-order valence-corrected chi connectivity index (χ0v) is 16.0. The number of hydrogen-bond donors (Lipinski definition) is 1. The molecule has 1 aliphatic heterocycles. The van der Waals surface area contributed by atoms with Crippen LogP contribution in [0.5, 0.6) is 5.75 Å². The van der Waals surface area contributed by atoms with Gasteiger partial charge in [0.25, 0.3) is 0 Å². The Labute approximate surface area is 177 Å². The number of furan rings is 1. The average Bonchev–Trinajstić information content (AvgIpc) is 3.13. The number of fused-ring (bicyclic) bond motifs is 3. The minimum absolute atomic E-state index is 0.0221. The third-order valence-corrected chi connectivity index (χ3v) is 5.07. The Bertz CT molecular complexity index is 1270. The van der Waals surface area contributed by atoms with E-state index in [4.69, 9.17) is 9.15 Å². The van der Waals surface area contributed by atoms with Crippen molar-refractivity contribution >= 4 is 33.5 Å². The molecule has 1 aromatic heterocycles. The summed E-state index contributed by atoms with van der Waals surface area (Å²) in [7, 11) is 1.03. The Kier molecular flexibility index (Phi) is 4.66. The van der Waals surface area contributed by atoms with E-state index in [-0.39, 0.29) is 11.3 Å². The van der Waals surface area contributed by atoms with E-state index in [0.717, 1.165) is 13.2 Å². The lowest BCUT2D eigenvalue weighted by molar-refractivity contribution is -0.366. The molecule has 1 aliphatic rings. The molecular weight excluding hydrogens is 477 g/mol. The molecule has 1 atom stereocenters. The fraction of sp³-hybridized carbons (Fsp3) is 0.316. The summed E-state index contributed by atoms with van der Waals surface area (Å²) >= 11 is 0. The van der Waals surface area contributed by atoms with Crippen LogP contribution in [0.25, 0.3) is 21.9 Å². The van der Waals surface area contributed by atoms with Crippen molar-refractivity contribution in [3.05, 3.63) is 36.4 Å². The van der Waals surface area contributed by atoms with Crippen LogP contribution in [0.3, 0.4) is 0 Å². The van der Waals surface area contributed by atoms with Gasteiger partial charge in [-0.05, 0) is 12.1 Å². The maximum atomic E-state index is 14.4. The number of nitrogens with one attached hydrogen (secondary N) is 1. The van der Waals surface area contributed by atoms with E-state index in [9.17, 15) is 44.3 Å². The molecule has 3 aromatic rings. The monoisotopic (exact) mass is 487 g/mol. The van der Waals surface area contributed by atoms with Gasteiger partial charge in [-0.2, -0.15) is 39.5 Å². The predicted molar refractivity (Wildman–Crippen MR) is 93.6 cm³/mol. The summed E-state index contributed by atoms with van der Waals surface area (Å²) in [6.45, 7) is 0. The minimum atomic E-state index is -6.78. The third kappa shape index (κ3) is 2.82. The molecule has 0 spiro atoms. The highest BCUT2D eigenvalue weighted by atomic mass is 19.4. The van der Waals surface area contributed by atoms with E-state index < -0.39 is 41.3 Å². The van der Waals surface area contributed by atoms with Gasteiger partial charge in [0.1, 0.15) is 16.9 Å². The SMILES string of the molecule is COc1cc2c(cc1NC(=O)C(F)(F)[C@@]1(F)OC(F)(F)C(F)(F)C1(F)F)oc1ccccc12. The van der Waals surface area contributed by atoms with Crippen LogP contribution in [0.2, 0.25) is 0 Å². The van der Waals surface area contributed by atoms with Crippen molar-refractivity contribution in [2.75, 3.05) is 12.4 Å². The van der Waals surface area contributed by atoms with Gasteiger partial charge in [0.2, 0.25) is 0 Å². The highest BCUT2D eigenvalue weighted by Crippen LogP contribution is 2.64. The summed E-state index contributed by atoms with van der Waals surface area (Å²) in [5.74, 6) is -29.4. The van der Waals surface area contributed by atoms with Crippen LogP contribution in [-0.2, 0) is 9.53 Å². The summed E-state index contributed by atoms with van der Waals surface area (Å²) in [5, 5.41) is 2.23. The Morgan fingerprint density at radius 1 is 0.939 bits per heavy atom. The van der Waals surface area contributed by atoms with E-state index in [1.807, 2.05) is 0 Å². The first-order valence-corrected chi connectivity index (χ1v) is 8.82. The van der Waals surface area contributed by atoms with Crippen molar-refractivity contribution in [3.8, 4) is 5.75 Å². The molecule has 2 heterocycles. The summed E-state index contributed by atoms with van der Waals surface area (Å²) in [5.41, 5.74) is -0.377. The van der Waals surface area contributed by atoms with Gasteiger partial charge in [0, 0.05) is 16.8 Å². The summed E-state index contributed by atoms with van der Waals surface area (Å²) in [4.78, 5) is 12.0. The minimum Gasteiger partial charge on any atom is -0.495 e. The van der Waals surface area contributed by atoms with Crippen LogP contribution in [0.15, 0.2) is 40.8 Å². The highest BCUT2D eigenvalue weighted by molar-refractivity contribution is 6.08. The second kappa shape index (κ2) is 6.68. The highest BCUT2D eigenvalue weighted by Gasteiger charge is 2.96. The van der Waals surface area contributed by atoms with E-state index >= 15 is 0 Å². The number of carbonyl (C=O) groups excluding carboxylic acids is 1. The topological polar surface area (TPSA) is 60.7 Å². The molecular formula is C19H10F9NO4. The molecule has 4 rings (SSSR count). The lowest BCUT2D eigenvalue weighted by Gasteiger charge is -2.31. The van der Waals surface area contributed by atoms with Crippen molar-refractivity contribution in [2.45, 2.75) is 29.7 Å². The second-order valence-corrected chi connectivity index (χ2v) is 7.04. The van der Waals surface area contributed by atoms with Gasteiger partial charge >= 0.3 is 35.6 Å². The number of anilines is 1. The van der Waals surface area contributed by atoms with Gasteiger partial charge in [-0.15, -0.1) is 0 Å². The van der Waals surface area contributed by atoms with Crippen molar-refractivity contribution in [2.24, 2.45) is 0 Å². The van der Waals surface area contributed by atoms with Crippen molar-refractivity contribution in [1.82, 2.24) is 0 Å². The van der Waals surface area contributed by atoms with E-state index in [2.05, 4.69) is 4.74 Å². The van der Waals surface area contributed by atoms with E-state index in [0.29, 0.717) is 16.4 Å². The van der Waals surface area contributed by atoms with Crippen LogP contribution >= 0.6 is 0 Å². The molecule has 1 fully saturated rings. The van der Waals surface area contributed by atoms with Crippen LogP contribution in [-0.4, -0.2) is 42.7 Å². The molecule has 0 unspecified atom stereocenters. The maximum Gasteiger partial charge on any atom is 0.428 e. The molecule has 0 radical (unpaired) electrons. The number of methoxy groups -OCH3 is 1. The quantitative estimate of drug-likeness (QED) is 0.478. The summed E-state index contributed by atoms with van der Waals surface area (Å²) < 4.78 is 136.